The Labute approximate surface area is 143 Å². The Bertz CT molecular complexity index is 801. The summed E-state index contributed by atoms with van der Waals surface area (Å²) < 4.78 is 0. The second-order valence-corrected chi connectivity index (χ2v) is 6.15. The van der Waals surface area contributed by atoms with Crippen LogP contribution in [0.3, 0.4) is 0 Å². The van der Waals surface area contributed by atoms with Crippen LogP contribution in [0.1, 0.15) is 24.1 Å². The van der Waals surface area contributed by atoms with Crippen molar-refractivity contribution in [2.75, 3.05) is 13.1 Å². The first-order chi connectivity index (χ1) is 11.7. The molecule has 124 valence electrons. The molecule has 24 heavy (non-hydrogen) atoms. The highest BCUT2D eigenvalue weighted by Gasteiger charge is 2.19. The number of phenolic OH excluding ortho intramolecular Hbond substituents is 1. The molecule has 3 rings (SSSR count). The lowest BCUT2D eigenvalue weighted by Gasteiger charge is -2.30. The van der Waals surface area contributed by atoms with Crippen LogP contribution < -0.4 is 5.73 Å². The summed E-state index contributed by atoms with van der Waals surface area (Å²) in [6.07, 6.45) is 0. The van der Waals surface area contributed by atoms with Gasteiger partial charge in [-0.2, -0.15) is 0 Å². The van der Waals surface area contributed by atoms with E-state index in [1.807, 2.05) is 48.5 Å². The molecule has 0 spiro atoms. The molecular formula is C21H24N2O. The second-order valence-electron chi connectivity index (χ2n) is 6.15. The third-order valence-corrected chi connectivity index (χ3v) is 4.57. The van der Waals surface area contributed by atoms with E-state index in [1.165, 1.54) is 5.56 Å². The number of fused-ring (bicyclic) bond motifs is 1. The molecule has 0 fully saturated rings. The zero-order valence-corrected chi connectivity index (χ0v) is 14.0. The van der Waals surface area contributed by atoms with Crippen molar-refractivity contribution >= 4 is 10.8 Å². The molecular weight excluding hydrogens is 296 g/mol. The van der Waals surface area contributed by atoms with Gasteiger partial charge in [0.2, 0.25) is 0 Å². The predicted octanol–water partition coefficient (Wildman–Crippen LogP) is 4.07. The number of hydrogen-bond acceptors (Lipinski definition) is 3. The first-order valence-corrected chi connectivity index (χ1v) is 8.39. The molecule has 1 atom stereocenters. The molecule has 3 aromatic carbocycles. The summed E-state index contributed by atoms with van der Waals surface area (Å²) >= 11 is 0. The number of phenols is 1. The smallest absolute Gasteiger partial charge is 0.128 e. The van der Waals surface area contributed by atoms with Crippen molar-refractivity contribution in [3.63, 3.8) is 0 Å². The number of rotatable bonds is 6. The first kappa shape index (κ1) is 16.5. The lowest BCUT2D eigenvalue weighted by molar-refractivity contribution is 0.204. The van der Waals surface area contributed by atoms with Gasteiger partial charge in [0.05, 0.1) is 0 Å². The summed E-state index contributed by atoms with van der Waals surface area (Å²) in [6.45, 7) is 4.31. The van der Waals surface area contributed by atoms with Gasteiger partial charge in [-0.25, -0.2) is 0 Å². The molecule has 0 saturated carbocycles. The lowest BCUT2D eigenvalue weighted by Crippen LogP contribution is -2.31. The van der Waals surface area contributed by atoms with Crippen LogP contribution in [0.25, 0.3) is 10.8 Å². The maximum absolute atomic E-state index is 10.7. The SMILES string of the molecule is CC(c1ccc2ccccc2c1O)N(CCN)Cc1ccccc1. The van der Waals surface area contributed by atoms with Crippen LogP contribution in [0, 0.1) is 0 Å². The maximum atomic E-state index is 10.7. The van der Waals surface area contributed by atoms with E-state index < -0.39 is 0 Å². The van der Waals surface area contributed by atoms with E-state index in [0.717, 1.165) is 29.4 Å². The largest absolute Gasteiger partial charge is 0.507 e. The Kier molecular flexibility index (Phi) is 5.14. The Balaban J connectivity index is 1.92. The molecule has 0 amide bonds. The molecule has 0 saturated heterocycles. The highest BCUT2D eigenvalue weighted by molar-refractivity contribution is 5.89. The fourth-order valence-corrected chi connectivity index (χ4v) is 3.20. The van der Waals surface area contributed by atoms with Gasteiger partial charge in [0.25, 0.3) is 0 Å². The van der Waals surface area contributed by atoms with Crippen molar-refractivity contribution in [2.24, 2.45) is 5.73 Å². The van der Waals surface area contributed by atoms with Crippen molar-refractivity contribution in [3.8, 4) is 5.75 Å². The number of aromatic hydroxyl groups is 1. The molecule has 0 bridgehead atoms. The van der Waals surface area contributed by atoms with Gasteiger partial charge in [-0.1, -0.05) is 66.7 Å². The minimum Gasteiger partial charge on any atom is -0.507 e. The molecule has 0 aliphatic rings. The average Bonchev–Trinajstić information content (AvgIpc) is 2.62. The summed E-state index contributed by atoms with van der Waals surface area (Å²) in [5.74, 6) is 0.371. The molecule has 0 heterocycles. The van der Waals surface area contributed by atoms with E-state index in [4.69, 9.17) is 5.73 Å². The molecule has 3 heteroatoms. The van der Waals surface area contributed by atoms with Crippen LogP contribution >= 0.6 is 0 Å². The summed E-state index contributed by atoms with van der Waals surface area (Å²) in [6, 6.07) is 22.5. The van der Waals surface area contributed by atoms with Crippen molar-refractivity contribution in [1.29, 1.82) is 0 Å². The maximum Gasteiger partial charge on any atom is 0.128 e. The number of hydrogen-bond donors (Lipinski definition) is 2. The fraction of sp³-hybridized carbons (Fsp3) is 0.238. The molecule has 3 N–H and O–H groups in total. The van der Waals surface area contributed by atoms with Crippen LogP contribution in [0.2, 0.25) is 0 Å². The second kappa shape index (κ2) is 7.47. The minimum atomic E-state index is 0.0818. The third-order valence-electron chi connectivity index (χ3n) is 4.57. The molecule has 0 radical (unpaired) electrons. The quantitative estimate of drug-likeness (QED) is 0.720. The number of nitrogens with two attached hydrogens (primary N) is 1. The highest BCUT2D eigenvalue weighted by Crippen LogP contribution is 2.35. The van der Waals surface area contributed by atoms with E-state index >= 15 is 0 Å². The van der Waals surface area contributed by atoms with Gasteiger partial charge in [-0.3, -0.25) is 4.90 Å². The van der Waals surface area contributed by atoms with Crippen molar-refractivity contribution in [3.05, 3.63) is 77.9 Å². The summed E-state index contributed by atoms with van der Waals surface area (Å²) in [5.41, 5.74) is 8.01. The van der Waals surface area contributed by atoms with E-state index in [2.05, 4.69) is 30.0 Å². The molecule has 0 aliphatic carbocycles. The van der Waals surface area contributed by atoms with Crippen molar-refractivity contribution in [1.82, 2.24) is 4.90 Å². The molecule has 0 aromatic heterocycles. The predicted molar refractivity (Wildman–Crippen MR) is 99.9 cm³/mol. The van der Waals surface area contributed by atoms with Crippen molar-refractivity contribution < 1.29 is 5.11 Å². The standard InChI is InChI=1S/C21H24N2O/c1-16(23(14-13-22)15-17-7-3-2-4-8-17)19-12-11-18-9-5-6-10-20(18)21(19)24/h2-12,16,24H,13-15,22H2,1H3. The Morgan fingerprint density at radius 1 is 0.958 bits per heavy atom. The van der Waals surface area contributed by atoms with Gasteiger partial charge >= 0.3 is 0 Å². The molecule has 0 aliphatic heterocycles. The topological polar surface area (TPSA) is 49.5 Å². The zero-order chi connectivity index (χ0) is 16.9. The monoisotopic (exact) mass is 320 g/mol. The first-order valence-electron chi connectivity index (χ1n) is 8.39. The fourth-order valence-electron chi connectivity index (χ4n) is 3.20. The van der Waals surface area contributed by atoms with Crippen LogP contribution in [0.4, 0.5) is 0 Å². The Morgan fingerprint density at radius 3 is 2.42 bits per heavy atom. The van der Waals surface area contributed by atoms with Gasteiger partial charge < -0.3 is 10.8 Å². The third kappa shape index (κ3) is 3.42. The van der Waals surface area contributed by atoms with E-state index in [-0.39, 0.29) is 6.04 Å². The van der Waals surface area contributed by atoms with Crippen LogP contribution in [-0.4, -0.2) is 23.1 Å². The molecule has 1 unspecified atom stereocenters. The molecule has 3 nitrogen and oxygen atoms in total. The average molecular weight is 320 g/mol. The van der Waals surface area contributed by atoms with Crippen LogP contribution in [0.15, 0.2) is 66.7 Å². The van der Waals surface area contributed by atoms with E-state index in [0.29, 0.717) is 12.3 Å². The minimum absolute atomic E-state index is 0.0818. The van der Waals surface area contributed by atoms with E-state index in [1.54, 1.807) is 0 Å². The summed E-state index contributed by atoms with van der Waals surface area (Å²) in [4.78, 5) is 2.30. The van der Waals surface area contributed by atoms with Gasteiger partial charge in [0, 0.05) is 36.6 Å². The number of nitrogens with zero attached hydrogens (tertiary/aromatic N) is 1. The van der Waals surface area contributed by atoms with Crippen LogP contribution in [0.5, 0.6) is 5.75 Å². The highest BCUT2D eigenvalue weighted by atomic mass is 16.3. The van der Waals surface area contributed by atoms with Gasteiger partial charge in [-0.15, -0.1) is 0 Å². The van der Waals surface area contributed by atoms with E-state index in [9.17, 15) is 5.11 Å². The molecule has 3 aromatic rings. The number of benzene rings is 3. The summed E-state index contributed by atoms with van der Waals surface area (Å²) in [7, 11) is 0. The van der Waals surface area contributed by atoms with Gasteiger partial charge in [-0.05, 0) is 17.9 Å². The Morgan fingerprint density at radius 2 is 1.67 bits per heavy atom. The lowest BCUT2D eigenvalue weighted by atomic mass is 9.99. The van der Waals surface area contributed by atoms with Crippen LogP contribution in [-0.2, 0) is 6.54 Å². The van der Waals surface area contributed by atoms with Crippen molar-refractivity contribution in [2.45, 2.75) is 19.5 Å². The zero-order valence-electron chi connectivity index (χ0n) is 14.0. The summed E-state index contributed by atoms with van der Waals surface area (Å²) in [5, 5.41) is 12.7. The van der Waals surface area contributed by atoms with Gasteiger partial charge in [0.15, 0.2) is 0 Å². The Hall–Kier alpha value is -2.36. The normalized spacial score (nSPS) is 12.6. The van der Waals surface area contributed by atoms with Gasteiger partial charge in [0.1, 0.15) is 5.75 Å².